The average Bonchev–Trinajstić information content (AvgIpc) is 2.55. The molecule has 0 bridgehead atoms. The topological polar surface area (TPSA) is 38.4 Å². The molecule has 0 aliphatic carbocycles. The van der Waals surface area contributed by atoms with Crippen molar-refractivity contribution < 1.29 is 17.6 Å². The number of aliphatic imine (C=N–C) groups is 1. The number of hydrogen-bond donors (Lipinski definition) is 1. The van der Waals surface area contributed by atoms with Crippen LogP contribution >= 0.6 is 0 Å². The second-order valence-electron chi connectivity index (χ2n) is 5.55. The SMILES string of the molecule is NC1=NC(C(F)(F)F)=C[C@@H](c2ccc(F)cc2)[C@@H]1c1ccccc1. The Morgan fingerprint density at radius 3 is 2.08 bits per heavy atom. The van der Waals surface area contributed by atoms with Gasteiger partial charge in [-0.25, -0.2) is 9.38 Å². The van der Waals surface area contributed by atoms with E-state index in [0.29, 0.717) is 5.56 Å². The lowest BCUT2D eigenvalue weighted by atomic mass is 9.78. The largest absolute Gasteiger partial charge is 0.433 e. The number of benzene rings is 2. The molecular weight excluding hydrogens is 320 g/mol. The molecule has 1 heterocycles. The first-order valence-corrected chi connectivity index (χ1v) is 7.30. The van der Waals surface area contributed by atoms with Crippen molar-refractivity contribution in [2.24, 2.45) is 10.7 Å². The molecule has 0 saturated carbocycles. The number of nitrogens with two attached hydrogens (primary N) is 1. The molecular formula is C18H14F4N2. The molecule has 2 N–H and O–H groups in total. The lowest BCUT2D eigenvalue weighted by Gasteiger charge is -2.30. The summed E-state index contributed by atoms with van der Waals surface area (Å²) in [6.45, 7) is 0. The fourth-order valence-electron chi connectivity index (χ4n) is 2.87. The Balaban J connectivity index is 2.12. The number of rotatable bonds is 2. The van der Waals surface area contributed by atoms with E-state index in [9.17, 15) is 17.6 Å². The lowest BCUT2D eigenvalue weighted by molar-refractivity contribution is -0.0929. The molecule has 1 aliphatic heterocycles. The van der Waals surface area contributed by atoms with Crippen LogP contribution < -0.4 is 5.73 Å². The van der Waals surface area contributed by atoms with Crippen LogP contribution in [0.4, 0.5) is 17.6 Å². The molecule has 1 aliphatic rings. The highest BCUT2D eigenvalue weighted by Crippen LogP contribution is 2.41. The number of alkyl halides is 3. The third-order valence-corrected chi connectivity index (χ3v) is 3.97. The summed E-state index contributed by atoms with van der Waals surface area (Å²) in [6, 6.07) is 14.3. The number of amidine groups is 1. The minimum atomic E-state index is -4.59. The van der Waals surface area contributed by atoms with Crippen LogP contribution in [0.1, 0.15) is 23.0 Å². The molecule has 3 rings (SSSR count). The highest BCUT2D eigenvalue weighted by molar-refractivity contribution is 5.91. The summed E-state index contributed by atoms with van der Waals surface area (Å²) >= 11 is 0. The van der Waals surface area contributed by atoms with Crippen molar-refractivity contribution in [3.8, 4) is 0 Å². The summed E-state index contributed by atoms with van der Waals surface area (Å²) < 4.78 is 52.5. The Morgan fingerprint density at radius 1 is 0.875 bits per heavy atom. The van der Waals surface area contributed by atoms with E-state index in [1.165, 1.54) is 24.3 Å². The Bertz CT molecular complexity index is 777. The van der Waals surface area contributed by atoms with E-state index in [-0.39, 0.29) is 5.84 Å². The predicted molar refractivity (Wildman–Crippen MR) is 84.1 cm³/mol. The van der Waals surface area contributed by atoms with Gasteiger partial charge in [0.15, 0.2) is 0 Å². The van der Waals surface area contributed by atoms with Crippen LogP contribution in [0.2, 0.25) is 0 Å². The Labute approximate surface area is 136 Å². The summed E-state index contributed by atoms with van der Waals surface area (Å²) in [5, 5.41) is 0. The van der Waals surface area contributed by atoms with Gasteiger partial charge in [-0.05, 0) is 29.3 Å². The van der Waals surface area contributed by atoms with Crippen LogP contribution in [0, 0.1) is 5.82 Å². The van der Waals surface area contributed by atoms with E-state index >= 15 is 0 Å². The third-order valence-electron chi connectivity index (χ3n) is 3.97. The van der Waals surface area contributed by atoms with Gasteiger partial charge in [-0.1, -0.05) is 42.5 Å². The zero-order valence-corrected chi connectivity index (χ0v) is 12.5. The van der Waals surface area contributed by atoms with Gasteiger partial charge >= 0.3 is 6.18 Å². The van der Waals surface area contributed by atoms with Gasteiger partial charge in [0, 0.05) is 5.92 Å². The number of allylic oxidation sites excluding steroid dienone is 2. The number of nitrogens with zero attached hydrogens (tertiary/aromatic N) is 1. The van der Waals surface area contributed by atoms with Crippen molar-refractivity contribution in [3.63, 3.8) is 0 Å². The van der Waals surface area contributed by atoms with Crippen LogP contribution in [0.25, 0.3) is 0 Å². The Morgan fingerprint density at radius 2 is 1.50 bits per heavy atom. The monoisotopic (exact) mass is 334 g/mol. The van der Waals surface area contributed by atoms with Gasteiger partial charge in [-0.3, -0.25) is 0 Å². The third kappa shape index (κ3) is 3.18. The molecule has 2 atom stereocenters. The molecule has 0 aromatic heterocycles. The molecule has 2 aromatic rings. The van der Waals surface area contributed by atoms with Gasteiger partial charge in [0.2, 0.25) is 0 Å². The van der Waals surface area contributed by atoms with Crippen LogP contribution in [-0.4, -0.2) is 12.0 Å². The van der Waals surface area contributed by atoms with Crippen molar-refractivity contribution in [2.45, 2.75) is 18.0 Å². The van der Waals surface area contributed by atoms with E-state index in [1.807, 2.05) is 6.07 Å². The normalized spacial score (nSPS) is 21.2. The van der Waals surface area contributed by atoms with Crippen LogP contribution in [-0.2, 0) is 0 Å². The summed E-state index contributed by atoms with van der Waals surface area (Å²) in [6.07, 6.45) is -3.54. The zero-order valence-electron chi connectivity index (χ0n) is 12.5. The molecule has 24 heavy (non-hydrogen) atoms. The first-order chi connectivity index (χ1) is 11.4. The van der Waals surface area contributed by atoms with Crippen LogP contribution in [0.5, 0.6) is 0 Å². The highest BCUT2D eigenvalue weighted by atomic mass is 19.4. The first kappa shape index (κ1) is 16.2. The fourth-order valence-corrected chi connectivity index (χ4v) is 2.87. The van der Waals surface area contributed by atoms with Gasteiger partial charge in [-0.15, -0.1) is 0 Å². The lowest BCUT2D eigenvalue weighted by Crippen LogP contribution is -2.32. The second kappa shape index (κ2) is 6.11. The summed E-state index contributed by atoms with van der Waals surface area (Å²) in [7, 11) is 0. The van der Waals surface area contributed by atoms with Gasteiger partial charge in [0.1, 0.15) is 17.3 Å². The molecule has 124 valence electrons. The number of hydrogen-bond acceptors (Lipinski definition) is 2. The molecule has 0 spiro atoms. The fraction of sp³-hybridized carbons (Fsp3) is 0.167. The van der Waals surface area contributed by atoms with E-state index in [1.54, 1.807) is 24.3 Å². The second-order valence-corrected chi connectivity index (χ2v) is 5.55. The van der Waals surface area contributed by atoms with Crippen molar-refractivity contribution >= 4 is 5.84 Å². The summed E-state index contributed by atoms with van der Waals surface area (Å²) in [5.74, 6) is -1.78. The summed E-state index contributed by atoms with van der Waals surface area (Å²) in [4.78, 5) is 3.56. The smallest absolute Gasteiger partial charge is 0.387 e. The predicted octanol–water partition coefficient (Wildman–Crippen LogP) is 4.51. The standard InChI is InChI=1S/C18H14F4N2/c19-13-8-6-11(7-9-13)14-10-15(18(20,21)22)24-17(23)16(14)12-4-2-1-3-5-12/h1-10,14,16H,(H2,23,24)/t14-,16-/m0/s1. The van der Waals surface area contributed by atoms with Crippen LogP contribution in [0.15, 0.2) is 71.4 Å². The van der Waals surface area contributed by atoms with Crippen molar-refractivity contribution in [1.82, 2.24) is 0 Å². The molecule has 0 saturated heterocycles. The first-order valence-electron chi connectivity index (χ1n) is 7.30. The Kier molecular flexibility index (Phi) is 4.13. The molecule has 0 radical (unpaired) electrons. The van der Waals surface area contributed by atoms with E-state index in [4.69, 9.17) is 5.73 Å². The maximum Gasteiger partial charge on any atom is 0.433 e. The molecule has 2 aromatic carbocycles. The highest BCUT2D eigenvalue weighted by Gasteiger charge is 2.40. The molecule has 0 fully saturated rings. The van der Waals surface area contributed by atoms with Gasteiger partial charge < -0.3 is 5.73 Å². The summed E-state index contributed by atoms with van der Waals surface area (Å²) in [5.41, 5.74) is 6.17. The van der Waals surface area contributed by atoms with Crippen molar-refractivity contribution in [3.05, 3.63) is 83.3 Å². The van der Waals surface area contributed by atoms with Crippen LogP contribution in [0.3, 0.4) is 0 Å². The van der Waals surface area contributed by atoms with E-state index < -0.39 is 29.5 Å². The maximum absolute atomic E-state index is 13.2. The van der Waals surface area contributed by atoms with Crippen molar-refractivity contribution in [2.75, 3.05) is 0 Å². The molecule has 2 nitrogen and oxygen atoms in total. The number of halogens is 4. The van der Waals surface area contributed by atoms with Gasteiger partial charge in [0.05, 0.1) is 5.92 Å². The zero-order chi connectivity index (χ0) is 17.3. The maximum atomic E-state index is 13.2. The minimum Gasteiger partial charge on any atom is -0.387 e. The van der Waals surface area contributed by atoms with E-state index in [0.717, 1.165) is 11.6 Å². The quantitative estimate of drug-likeness (QED) is 0.806. The van der Waals surface area contributed by atoms with Gasteiger partial charge in [0.25, 0.3) is 0 Å². The molecule has 0 unspecified atom stereocenters. The van der Waals surface area contributed by atoms with Crippen molar-refractivity contribution in [1.29, 1.82) is 0 Å². The molecule has 6 heteroatoms. The Hall–Kier alpha value is -2.63. The minimum absolute atomic E-state index is 0.106. The molecule has 0 amide bonds. The van der Waals surface area contributed by atoms with Gasteiger partial charge in [-0.2, -0.15) is 13.2 Å². The van der Waals surface area contributed by atoms with E-state index in [2.05, 4.69) is 4.99 Å². The average molecular weight is 334 g/mol.